The Bertz CT molecular complexity index is 1240. The second-order valence-electron chi connectivity index (χ2n) is 8.54. The number of ether oxygens (including phenoxy) is 3. The molecule has 1 heterocycles. The van der Waals surface area contributed by atoms with Gasteiger partial charge in [-0.05, 0) is 48.7 Å². The van der Waals surface area contributed by atoms with Crippen LogP contribution in [0.2, 0.25) is 5.02 Å². The molecule has 3 aromatic rings. The van der Waals surface area contributed by atoms with Gasteiger partial charge < -0.3 is 24.4 Å². The molecule has 0 aromatic heterocycles. The van der Waals surface area contributed by atoms with Crippen LogP contribution in [0, 0.1) is 0 Å². The minimum Gasteiger partial charge on any atom is -0.493 e. The third-order valence-corrected chi connectivity index (χ3v) is 6.59. The summed E-state index contributed by atoms with van der Waals surface area (Å²) in [5.41, 5.74) is 2.74. The van der Waals surface area contributed by atoms with Gasteiger partial charge in [-0.2, -0.15) is 0 Å². The van der Waals surface area contributed by atoms with Gasteiger partial charge in [-0.25, -0.2) is 0 Å². The van der Waals surface area contributed by atoms with Crippen molar-refractivity contribution in [2.24, 2.45) is 0 Å². The zero-order valence-electron chi connectivity index (χ0n) is 20.5. The smallest absolute Gasteiger partial charge is 0.253 e. The van der Waals surface area contributed by atoms with E-state index in [-0.39, 0.29) is 17.9 Å². The number of methoxy groups -OCH3 is 3. The molecule has 4 rings (SSSR count). The molecule has 7 nitrogen and oxygen atoms in total. The maximum Gasteiger partial charge on any atom is 0.253 e. The van der Waals surface area contributed by atoms with Crippen molar-refractivity contribution in [2.75, 3.05) is 34.4 Å². The molecule has 0 aliphatic carbocycles. The van der Waals surface area contributed by atoms with Gasteiger partial charge >= 0.3 is 0 Å². The Morgan fingerprint density at radius 1 is 0.917 bits per heavy atom. The second kappa shape index (κ2) is 11.4. The molecular formula is C28H29ClN2O5. The normalized spacial score (nSPS) is 15.2. The molecule has 1 N–H and O–H groups in total. The van der Waals surface area contributed by atoms with Crippen LogP contribution in [0.4, 0.5) is 0 Å². The first-order chi connectivity index (χ1) is 17.4. The molecule has 0 saturated carbocycles. The van der Waals surface area contributed by atoms with E-state index in [1.165, 1.54) is 21.3 Å². The molecule has 0 spiro atoms. The zero-order chi connectivity index (χ0) is 25.7. The third kappa shape index (κ3) is 5.41. The number of amides is 2. The summed E-state index contributed by atoms with van der Waals surface area (Å²) in [7, 11) is 4.52. The van der Waals surface area contributed by atoms with Crippen LogP contribution in [0.15, 0.2) is 60.7 Å². The fourth-order valence-corrected chi connectivity index (χ4v) is 4.70. The first kappa shape index (κ1) is 25.4. The Labute approximate surface area is 215 Å². The lowest BCUT2D eigenvalue weighted by Crippen LogP contribution is -2.49. The predicted molar refractivity (Wildman–Crippen MR) is 139 cm³/mol. The van der Waals surface area contributed by atoms with Crippen LogP contribution in [-0.2, 0) is 0 Å². The highest BCUT2D eigenvalue weighted by Crippen LogP contribution is 2.38. The van der Waals surface area contributed by atoms with Crippen LogP contribution in [0.1, 0.15) is 33.6 Å². The highest BCUT2D eigenvalue weighted by Gasteiger charge is 2.27. The number of benzene rings is 3. The molecule has 188 valence electrons. The predicted octanol–water partition coefficient (Wildman–Crippen LogP) is 5.07. The van der Waals surface area contributed by atoms with E-state index in [0.717, 1.165) is 24.0 Å². The lowest BCUT2D eigenvalue weighted by Gasteiger charge is -2.33. The van der Waals surface area contributed by atoms with Crippen LogP contribution < -0.4 is 19.5 Å². The summed E-state index contributed by atoms with van der Waals surface area (Å²) >= 11 is 6.35. The second-order valence-corrected chi connectivity index (χ2v) is 8.95. The van der Waals surface area contributed by atoms with Gasteiger partial charge in [0.15, 0.2) is 11.5 Å². The molecule has 1 fully saturated rings. The SMILES string of the molecule is COc1cc(C(=O)NC2CCCN(C(=O)c3cccc(-c4ccccc4Cl)c3)C2)cc(OC)c1OC. The number of hydrogen-bond acceptors (Lipinski definition) is 5. The molecule has 1 atom stereocenters. The number of nitrogens with one attached hydrogen (secondary N) is 1. The number of carbonyl (C=O) groups excluding carboxylic acids is 2. The first-order valence-corrected chi connectivity index (χ1v) is 12.1. The minimum atomic E-state index is -0.269. The Morgan fingerprint density at radius 2 is 1.64 bits per heavy atom. The summed E-state index contributed by atoms with van der Waals surface area (Å²) in [6.07, 6.45) is 1.57. The highest BCUT2D eigenvalue weighted by atomic mass is 35.5. The molecule has 1 unspecified atom stereocenters. The molecule has 0 radical (unpaired) electrons. The van der Waals surface area contributed by atoms with Gasteiger partial charge in [0, 0.05) is 40.8 Å². The highest BCUT2D eigenvalue weighted by molar-refractivity contribution is 6.33. The van der Waals surface area contributed by atoms with Gasteiger partial charge in [0.2, 0.25) is 5.75 Å². The van der Waals surface area contributed by atoms with Gasteiger partial charge in [0.25, 0.3) is 11.8 Å². The van der Waals surface area contributed by atoms with E-state index in [2.05, 4.69) is 5.32 Å². The van der Waals surface area contributed by atoms with E-state index in [9.17, 15) is 9.59 Å². The molecule has 2 amide bonds. The van der Waals surface area contributed by atoms with E-state index in [1.54, 1.807) is 23.1 Å². The van der Waals surface area contributed by atoms with Gasteiger partial charge in [-0.15, -0.1) is 0 Å². The third-order valence-electron chi connectivity index (χ3n) is 6.27. The molecule has 3 aromatic carbocycles. The fraction of sp³-hybridized carbons (Fsp3) is 0.286. The van der Waals surface area contributed by atoms with Crippen molar-refractivity contribution in [3.05, 3.63) is 76.8 Å². The van der Waals surface area contributed by atoms with Gasteiger partial charge in [0.1, 0.15) is 0 Å². The number of piperidine rings is 1. The first-order valence-electron chi connectivity index (χ1n) is 11.7. The van der Waals surface area contributed by atoms with Crippen LogP contribution in [0.25, 0.3) is 11.1 Å². The topological polar surface area (TPSA) is 77.1 Å². The average Bonchev–Trinajstić information content (AvgIpc) is 2.92. The van der Waals surface area contributed by atoms with Gasteiger partial charge in [0.05, 0.1) is 21.3 Å². The number of halogens is 1. The number of carbonyl (C=O) groups is 2. The monoisotopic (exact) mass is 508 g/mol. The van der Waals surface area contributed by atoms with Crippen molar-refractivity contribution >= 4 is 23.4 Å². The van der Waals surface area contributed by atoms with Crippen LogP contribution >= 0.6 is 11.6 Å². The van der Waals surface area contributed by atoms with Crippen molar-refractivity contribution in [3.63, 3.8) is 0 Å². The van der Waals surface area contributed by atoms with Crippen molar-refractivity contribution in [1.29, 1.82) is 0 Å². The van der Waals surface area contributed by atoms with E-state index in [4.69, 9.17) is 25.8 Å². The summed E-state index contributed by atoms with van der Waals surface area (Å²) in [4.78, 5) is 28.2. The maximum absolute atomic E-state index is 13.3. The van der Waals surface area contributed by atoms with Crippen molar-refractivity contribution in [2.45, 2.75) is 18.9 Å². The molecule has 36 heavy (non-hydrogen) atoms. The molecule has 1 aliphatic heterocycles. The molecule has 1 saturated heterocycles. The largest absolute Gasteiger partial charge is 0.493 e. The summed E-state index contributed by atoms with van der Waals surface area (Å²) in [6, 6.07) is 18.1. The quantitative estimate of drug-likeness (QED) is 0.482. The summed E-state index contributed by atoms with van der Waals surface area (Å²) in [6.45, 7) is 1.05. The van der Waals surface area contributed by atoms with Crippen LogP contribution in [0.3, 0.4) is 0 Å². The zero-order valence-corrected chi connectivity index (χ0v) is 21.3. The minimum absolute atomic E-state index is 0.0735. The van der Waals surface area contributed by atoms with Gasteiger partial charge in [-0.1, -0.05) is 41.9 Å². The van der Waals surface area contributed by atoms with E-state index < -0.39 is 0 Å². The number of rotatable bonds is 7. The Hall–Kier alpha value is -3.71. The van der Waals surface area contributed by atoms with E-state index in [1.807, 2.05) is 42.5 Å². The average molecular weight is 509 g/mol. The van der Waals surface area contributed by atoms with Crippen molar-refractivity contribution in [1.82, 2.24) is 10.2 Å². The number of hydrogen-bond donors (Lipinski definition) is 1. The fourth-order valence-electron chi connectivity index (χ4n) is 4.46. The van der Waals surface area contributed by atoms with Crippen LogP contribution in [-0.4, -0.2) is 57.2 Å². The molecule has 0 bridgehead atoms. The van der Waals surface area contributed by atoms with E-state index in [0.29, 0.717) is 46.5 Å². The molecular weight excluding hydrogens is 480 g/mol. The number of nitrogens with zero attached hydrogens (tertiary/aromatic N) is 1. The standard InChI is InChI=1S/C28H29ClN2O5/c1-34-24-15-20(16-25(35-2)26(24)36-3)27(32)30-21-10-7-13-31(17-21)28(33)19-9-6-8-18(14-19)22-11-4-5-12-23(22)29/h4-6,8-9,11-12,14-16,21H,7,10,13,17H2,1-3H3,(H,30,32). The number of likely N-dealkylation sites (tertiary alicyclic amines) is 1. The Kier molecular flexibility index (Phi) is 8.00. The van der Waals surface area contributed by atoms with Gasteiger partial charge in [-0.3, -0.25) is 9.59 Å². The Morgan fingerprint density at radius 3 is 2.31 bits per heavy atom. The summed E-state index contributed by atoms with van der Waals surface area (Å²) < 4.78 is 16.1. The molecule has 1 aliphatic rings. The van der Waals surface area contributed by atoms with E-state index >= 15 is 0 Å². The summed E-state index contributed by atoms with van der Waals surface area (Å²) in [5.74, 6) is 0.886. The Balaban J connectivity index is 1.47. The maximum atomic E-state index is 13.3. The molecule has 8 heteroatoms. The van der Waals surface area contributed by atoms with Crippen molar-refractivity contribution in [3.8, 4) is 28.4 Å². The van der Waals surface area contributed by atoms with Crippen LogP contribution in [0.5, 0.6) is 17.2 Å². The summed E-state index contributed by atoms with van der Waals surface area (Å²) in [5, 5.41) is 3.69. The lowest BCUT2D eigenvalue weighted by molar-refractivity contribution is 0.0676. The lowest BCUT2D eigenvalue weighted by atomic mass is 10.0. The van der Waals surface area contributed by atoms with Crippen molar-refractivity contribution < 1.29 is 23.8 Å².